The smallest absolute Gasteiger partial charge is 0.0883 e. The lowest BCUT2D eigenvalue weighted by atomic mass is 10.0. The first-order valence-electron chi connectivity index (χ1n) is 3.81. The summed E-state index contributed by atoms with van der Waals surface area (Å²) >= 11 is 5.19. The van der Waals surface area contributed by atoms with E-state index in [1.807, 2.05) is 12.1 Å². The maximum absolute atomic E-state index is 9.64. The van der Waals surface area contributed by atoms with Gasteiger partial charge in [-0.05, 0) is 23.3 Å². The van der Waals surface area contributed by atoms with Gasteiger partial charge >= 0.3 is 0 Å². The molecular weight excluding hydrogens is 236 g/mol. The summed E-state index contributed by atoms with van der Waals surface area (Å²) in [6, 6.07) is 6.12. The highest BCUT2D eigenvalue weighted by Gasteiger charge is 2.17. The molecule has 0 radical (unpaired) electrons. The Morgan fingerprint density at radius 1 is 1.50 bits per heavy atom. The summed E-state index contributed by atoms with van der Waals surface area (Å²) in [5.41, 5.74) is 2.35. The monoisotopic (exact) mass is 244 g/mol. The number of thioether (sulfide) groups is 1. The third-order valence-electron chi connectivity index (χ3n) is 2.00. The van der Waals surface area contributed by atoms with Crippen LogP contribution in [0.15, 0.2) is 22.7 Å². The van der Waals surface area contributed by atoms with Gasteiger partial charge in [-0.2, -0.15) is 11.8 Å². The summed E-state index contributed by atoms with van der Waals surface area (Å²) in [6.07, 6.45) is -0.281. The van der Waals surface area contributed by atoms with E-state index >= 15 is 0 Å². The van der Waals surface area contributed by atoms with Crippen LogP contribution in [0.4, 0.5) is 0 Å². The predicted octanol–water partition coefficient (Wildman–Crippen LogP) is 2.73. The Hall–Kier alpha value is 0.01000. The molecule has 0 aromatic heterocycles. The second-order valence-corrected chi connectivity index (χ2v) is 4.82. The van der Waals surface area contributed by atoms with E-state index in [0.717, 1.165) is 21.5 Å². The lowest BCUT2D eigenvalue weighted by molar-refractivity contribution is 0.201. The van der Waals surface area contributed by atoms with Gasteiger partial charge in [0.05, 0.1) is 6.10 Å². The molecular formula is C9H9BrOS. The molecule has 1 aliphatic rings. The molecule has 64 valence electrons. The van der Waals surface area contributed by atoms with Crippen molar-refractivity contribution in [2.75, 3.05) is 5.75 Å². The fraction of sp³-hybridized carbons (Fsp3) is 0.333. The van der Waals surface area contributed by atoms with E-state index in [9.17, 15) is 5.11 Å². The fourth-order valence-electron chi connectivity index (χ4n) is 1.38. The number of hydrogen-bond donors (Lipinski definition) is 1. The summed E-state index contributed by atoms with van der Waals surface area (Å²) in [4.78, 5) is 0. The standard InChI is InChI=1S/C9H9BrOS/c10-7-2-1-6-4-12-5-9(11)8(6)3-7/h1-3,9,11H,4-5H2. The minimum Gasteiger partial charge on any atom is -0.388 e. The van der Waals surface area contributed by atoms with Gasteiger partial charge < -0.3 is 5.11 Å². The van der Waals surface area contributed by atoms with Crippen molar-refractivity contribution in [2.45, 2.75) is 11.9 Å². The molecule has 0 amide bonds. The van der Waals surface area contributed by atoms with Gasteiger partial charge in [0.25, 0.3) is 0 Å². The molecule has 3 heteroatoms. The van der Waals surface area contributed by atoms with E-state index < -0.39 is 0 Å². The molecule has 0 bridgehead atoms. The van der Waals surface area contributed by atoms with Crippen LogP contribution in [-0.2, 0) is 5.75 Å². The van der Waals surface area contributed by atoms with Crippen molar-refractivity contribution in [3.63, 3.8) is 0 Å². The van der Waals surface area contributed by atoms with E-state index in [1.165, 1.54) is 5.56 Å². The van der Waals surface area contributed by atoms with Crippen LogP contribution in [-0.4, -0.2) is 10.9 Å². The van der Waals surface area contributed by atoms with Gasteiger partial charge in [-0.15, -0.1) is 0 Å². The van der Waals surface area contributed by atoms with E-state index in [2.05, 4.69) is 22.0 Å². The van der Waals surface area contributed by atoms with Crippen LogP contribution in [0.25, 0.3) is 0 Å². The number of fused-ring (bicyclic) bond motifs is 1. The van der Waals surface area contributed by atoms with Crippen molar-refractivity contribution < 1.29 is 5.11 Å². The van der Waals surface area contributed by atoms with Gasteiger partial charge in [-0.25, -0.2) is 0 Å². The molecule has 0 saturated carbocycles. The molecule has 12 heavy (non-hydrogen) atoms. The largest absolute Gasteiger partial charge is 0.388 e. The number of aliphatic hydroxyl groups excluding tert-OH is 1. The Balaban J connectivity index is 2.47. The highest BCUT2D eigenvalue weighted by molar-refractivity contribution is 9.10. The number of halogens is 1. The summed E-state index contributed by atoms with van der Waals surface area (Å²) in [6.45, 7) is 0. The van der Waals surface area contributed by atoms with E-state index in [4.69, 9.17) is 0 Å². The zero-order chi connectivity index (χ0) is 8.55. The SMILES string of the molecule is OC1CSCc2ccc(Br)cc21. The van der Waals surface area contributed by atoms with Gasteiger partial charge in [0.1, 0.15) is 0 Å². The number of hydrogen-bond acceptors (Lipinski definition) is 2. The first-order valence-corrected chi connectivity index (χ1v) is 5.76. The van der Waals surface area contributed by atoms with E-state index in [1.54, 1.807) is 11.8 Å². The summed E-state index contributed by atoms with van der Waals surface area (Å²) in [5.74, 6) is 1.85. The van der Waals surface area contributed by atoms with Crippen LogP contribution in [0.1, 0.15) is 17.2 Å². The molecule has 1 aromatic rings. The van der Waals surface area contributed by atoms with Crippen molar-refractivity contribution in [3.8, 4) is 0 Å². The molecule has 0 aliphatic carbocycles. The molecule has 0 saturated heterocycles. The molecule has 0 spiro atoms. The molecule has 2 rings (SSSR count). The predicted molar refractivity (Wildman–Crippen MR) is 55.3 cm³/mol. The van der Waals surface area contributed by atoms with Gasteiger partial charge in [-0.3, -0.25) is 0 Å². The Bertz CT molecular complexity index is 301. The quantitative estimate of drug-likeness (QED) is 0.758. The third-order valence-corrected chi connectivity index (χ3v) is 3.56. The van der Waals surface area contributed by atoms with Crippen LogP contribution in [0.3, 0.4) is 0 Å². The normalized spacial score (nSPS) is 22.0. The second-order valence-electron chi connectivity index (χ2n) is 2.87. The molecule has 1 atom stereocenters. The average Bonchev–Trinajstić information content (AvgIpc) is 2.07. The van der Waals surface area contributed by atoms with E-state index in [-0.39, 0.29) is 6.10 Å². The molecule has 1 heterocycles. The van der Waals surface area contributed by atoms with Crippen LogP contribution in [0.2, 0.25) is 0 Å². The fourth-order valence-corrected chi connectivity index (χ4v) is 2.76. The molecule has 0 fully saturated rings. The highest BCUT2D eigenvalue weighted by Crippen LogP contribution is 2.32. The third kappa shape index (κ3) is 1.53. The van der Waals surface area contributed by atoms with Crippen molar-refractivity contribution in [1.82, 2.24) is 0 Å². The molecule has 1 aliphatic heterocycles. The molecule has 1 unspecified atom stereocenters. The molecule has 1 nitrogen and oxygen atoms in total. The Kier molecular flexibility index (Phi) is 2.44. The first-order chi connectivity index (χ1) is 5.77. The van der Waals surface area contributed by atoms with Crippen LogP contribution in [0, 0.1) is 0 Å². The number of benzene rings is 1. The first kappa shape index (κ1) is 8.60. The van der Waals surface area contributed by atoms with E-state index in [0.29, 0.717) is 0 Å². The highest BCUT2D eigenvalue weighted by atomic mass is 79.9. The number of rotatable bonds is 0. The summed E-state index contributed by atoms with van der Waals surface area (Å²) < 4.78 is 1.05. The van der Waals surface area contributed by atoms with Gasteiger partial charge in [-0.1, -0.05) is 22.0 Å². The topological polar surface area (TPSA) is 20.2 Å². The maximum Gasteiger partial charge on any atom is 0.0883 e. The Labute approximate surface area is 84.3 Å². The second kappa shape index (κ2) is 3.40. The van der Waals surface area contributed by atoms with Crippen LogP contribution < -0.4 is 0 Å². The Morgan fingerprint density at radius 3 is 3.17 bits per heavy atom. The Morgan fingerprint density at radius 2 is 2.33 bits per heavy atom. The zero-order valence-corrected chi connectivity index (χ0v) is 8.86. The zero-order valence-electron chi connectivity index (χ0n) is 6.46. The van der Waals surface area contributed by atoms with Crippen LogP contribution >= 0.6 is 27.7 Å². The van der Waals surface area contributed by atoms with Gasteiger partial charge in [0, 0.05) is 16.0 Å². The van der Waals surface area contributed by atoms with Crippen molar-refractivity contribution >= 4 is 27.7 Å². The summed E-state index contributed by atoms with van der Waals surface area (Å²) in [5, 5.41) is 9.64. The maximum atomic E-state index is 9.64. The average molecular weight is 245 g/mol. The lowest BCUT2D eigenvalue weighted by Gasteiger charge is -2.20. The van der Waals surface area contributed by atoms with Gasteiger partial charge in [0.15, 0.2) is 0 Å². The lowest BCUT2D eigenvalue weighted by Crippen LogP contribution is -2.09. The van der Waals surface area contributed by atoms with Gasteiger partial charge in [0.2, 0.25) is 0 Å². The van der Waals surface area contributed by atoms with Crippen molar-refractivity contribution in [1.29, 1.82) is 0 Å². The molecule has 1 N–H and O–H groups in total. The van der Waals surface area contributed by atoms with Crippen LogP contribution in [0.5, 0.6) is 0 Å². The minimum atomic E-state index is -0.281. The minimum absolute atomic E-state index is 0.281. The summed E-state index contributed by atoms with van der Waals surface area (Å²) in [7, 11) is 0. The van der Waals surface area contributed by atoms with Crippen molar-refractivity contribution in [2.24, 2.45) is 0 Å². The van der Waals surface area contributed by atoms with Crippen molar-refractivity contribution in [3.05, 3.63) is 33.8 Å². The number of aliphatic hydroxyl groups is 1. The molecule has 1 aromatic carbocycles.